The van der Waals surface area contributed by atoms with Crippen molar-refractivity contribution in [3.63, 3.8) is 0 Å². The Balaban J connectivity index is 2.04. The molecule has 0 amide bonds. The Labute approximate surface area is 143 Å². The van der Waals surface area contributed by atoms with E-state index in [1.165, 1.54) is 11.8 Å². The van der Waals surface area contributed by atoms with Crippen molar-refractivity contribution < 1.29 is 22.7 Å². The SMILES string of the molecule is OCc1cc(F)cc2c1nc(SCC1CC1)c1nnc(C(F)(F)F)n12. The number of nitrogens with zero attached hydrogens (tertiary/aromatic N) is 4. The van der Waals surface area contributed by atoms with Crippen molar-refractivity contribution in [2.75, 3.05) is 5.75 Å². The molecule has 2 heterocycles. The molecule has 4 rings (SSSR count). The first-order valence-electron chi connectivity index (χ1n) is 7.56. The fraction of sp³-hybridized carbons (Fsp3) is 0.400. The first kappa shape index (κ1) is 16.5. The van der Waals surface area contributed by atoms with Crippen molar-refractivity contribution >= 4 is 28.4 Å². The molecule has 0 radical (unpaired) electrons. The van der Waals surface area contributed by atoms with Gasteiger partial charge in [0.15, 0.2) is 5.65 Å². The second kappa shape index (κ2) is 5.80. The van der Waals surface area contributed by atoms with E-state index in [9.17, 15) is 22.7 Å². The second-order valence-electron chi connectivity index (χ2n) is 5.94. The van der Waals surface area contributed by atoms with E-state index < -0.39 is 24.4 Å². The van der Waals surface area contributed by atoms with Gasteiger partial charge in [0.25, 0.3) is 0 Å². The molecule has 0 unspecified atom stereocenters. The number of rotatable bonds is 4. The maximum atomic E-state index is 13.8. The third-order valence-electron chi connectivity index (χ3n) is 4.02. The Kier molecular flexibility index (Phi) is 3.84. The van der Waals surface area contributed by atoms with Crippen LogP contribution >= 0.6 is 11.8 Å². The summed E-state index contributed by atoms with van der Waals surface area (Å²) < 4.78 is 54.6. The minimum absolute atomic E-state index is 0.0556. The van der Waals surface area contributed by atoms with Gasteiger partial charge in [-0.1, -0.05) is 0 Å². The van der Waals surface area contributed by atoms with Crippen LogP contribution in [0.3, 0.4) is 0 Å². The molecule has 2 aromatic heterocycles. The Morgan fingerprint density at radius 3 is 2.64 bits per heavy atom. The highest BCUT2D eigenvalue weighted by molar-refractivity contribution is 7.99. The lowest BCUT2D eigenvalue weighted by atomic mass is 10.1. The quantitative estimate of drug-likeness (QED) is 0.562. The Morgan fingerprint density at radius 2 is 2.00 bits per heavy atom. The Hall–Kier alpha value is -1.94. The van der Waals surface area contributed by atoms with Crippen LogP contribution in [-0.2, 0) is 12.8 Å². The van der Waals surface area contributed by atoms with Crippen molar-refractivity contribution in [3.05, 3.63) is 29.3 Å². The second-order valence-corrected chi connectivity index (χ2v) is 6.95. The van der Waals surface area contributed by atoms with E-state index in [0.29, 0.717) is 10.9 Å². The topological polar surface area (TPSA) is 63.3 Å². The summed E-state index contributed by atoms with van der Waals surface area (Å²) in [6.07, 6.45) is -2.58. The molecule has 0 saturated heterocycles. The number of halogens is 4. The van der Waals surface area contributed by atoms with E-state index in [2.05, 4.69) is 15.2 Å². The predicted molar refractivity (Wildman–Crippen MR) is 82.6 cm³/mol. The summed E-state index contributed by atoms with van der Waals surface area (Å²) in [6.45, 7) is -0.539. The number of thioether (sulfide) groups is 1. The molecule has 0 bridgehead atoms. The van der Waals surface area contributed by atoms with Crippen molar-refractivity contribution in [3.8, 4) is 0 Å². The van der Waals surface area contributed by atoms with E-state index in [1.807, 2.05) is 0 Å². The van der Waals surface area contributed by atoms with Crippen molar-refractivity contribution in [2.24, 2.45) is 5.92 Å². The fourth-order valence-corrected chi connectivity index (χ4v) is 3.77. The summed E-state index contributed by atoms with van der Waals surface area (Å²) in [5.41, 5.74) is 0.0547. The molecule has 0 atom stereocenters. The van der Waals surface area contributed by atoms with Crippen LogP contribution in [0.25, 0.3) is 16.7 Å². The van der Waals surface area contributed by atoms with E-state index in [0.717, 1.165) is 35.1 Å². The number of aromatic nitrogens is 4. The number of aliphatic hydroxyl groups is 1. The number of hydrogen-bond donors (Lipinski definition) is 1. The van der Waals surface area contributed by atoms with E-state index in [-0.39, 0.29) is 22.2 Å². The van der Waals surface area contributed by atoms with Gasteiger partial charge in [-0.2, -0.15) is 13.2 Å². The number of aliphatic hydroxyl groups excluding tert-OH is 1. The lowest BCUT2D eigenvalue weighted by Crippen LogP contribution is -2.12. The minimum atomic E-state index is -4.75. The summed E-state index contributed by atoms with van der Waals surface area (Å²) in [5, 5.41) is 16.6. The molecule has 0 spiro atoms. The van der Waals surface area contributed by atoms with Gasteiger partial charge < -0.3 is 5.11 Å². The van der Waals surface area contributed by atoms with Gasteiger partial charge >= 0.3 is 6.18 Å². The van der Waals surface area contributed by atoms with Gasteiger partial charge in [-0.15, -0.1) is 22.0 Å². The molecule has 1 saturated carbocycles. The van der Waals surface area contributed by atoms with E-state index in [4.69, 9.17) is 0 Å². The molecule has 132 valence electrons. The number of benzene rings is 1. The van der Waals surface area contributed by atoms with Crippen LogP contribution in [0.4, 0.5) is 17.6 Å². The normalized spacial score (nSPS) is 15.4. The van der Waals surface area contributed by atoms with Crippen molar-refractivity contribution in [1.29, 1.82) is 0 Å². The largest absolute Gasteiger partial charge is 0.452 e. The molecular weight excluding hydrogens is 360 g/mol. The van der Waals surface area contributed by atoms with Crippen LogP contribution in [-0.4, -0.2) is 30.4 Å². The first-order valence-corrected chi connectivity index (χ1v) is 8.55. The third-order valence-corrected chi connectivity index (χ3v) is 5.20. The van der Waals surface area contributed by atoms with E-state index >= 15 is 0 Å². The predicted octanol–water partition coefficient (Wildman–Crippen LogP) is 3.43. The van der Waals surface area contributed by atoms with Gasteiger partial charge in [0.2, 0.25) is 5.82 Å². The average molecular weight is 372 g/mol. The summed E-state index contributed by atoms with van der Waals surface area (Å²) >= 11 is 1.31. The monoisotopic (exact) mass is 372 g/mol. The first-order chi connectivity index (χ1) is 11.9. The lowest BCUT2D eigenvalue weighted by Gasteiger charge is -2.12. The summed E-state index contributed by atoms with van der Waals surface area (Å²) in [6, 6.07) is 2.01. The van der Waals surface area contributed by atoms with Crippen LogP contribution < -0.4 is 0 Å². The van der Waals surface area contributed by atoms with Gasteiger partial charge in [-0.05, 0) is 24.8 Å². The molecule has 1 aliphatic carbocycles. The van der Waals surface area contributed by atoms with Crippen LogP contribution in [0.15, 0.2) is 17.2 Å². The standard InChI is InChI=1S/C15H12F4N4OS/c16-9-3-8(5-24)11-10(4-9)23-12(21-22-14(23)15(17,18)19)13(20-11)25-6-7-1-2-7/h3-4,7,24H,1-2,5-6H2. The number of hydrogen-bond acceptors (Lipinski definition) is 5. The van der Waals surface area contributed by atoms with Crippen LogP contribution in [0.1, 0.15) is 24.2 Å². The lowest BCUT2D eigenvalue weighted by molar-refractivity contribution is -0.145. The van der Waals surface area contributed by atoms with Gasteiger partial charge in [-0.3, -0.25) is 4.40 Å². The van der Waals surface area contributed by atoms with Gasteiger partial charge in [0.1, 0.15) is 10.8 Å². The zero-order chi connectivity index (χ0) is 17.8. The number of alkyl halides is 3. The van der Waals surface area contributed by atoms with Crippen LogP contribution in [0.5, 0.6) is 0 Å². The maximum Gasteiger partial charge on any atom is 0.452 e. The Bertz CT molecular complexity index is 968. The van der Waals surface area contributed by atoms with Gasteiger partial charge in [0.05, 0.1) is 17.6 Å². The fourth-order valence-electron chi connectivity index (χ4n) is 2.62. The summed E-state index contributed by atoms with van der Waals surface area (Å²) in [4.78, 5) is 4.36. The smallest absolute Gasteiger partial charge is 0.392 e. The van der Waals surface area contributed by atoms with Gasteiger partial charge in [-0.25, -0.2) is 9.37 Å². The third kappa shape index (κ3) is 2.93. The molecular formula is C15H12F4N4OS. The van der Waals surface area contributed by atoms with Gasteiger partial charge in [0, 0.05) is 17.4 Å². The summed E-state index contributed by atoms with van der Waals surface area (Å²) in [5.74, 6) is -0.756. The maximum absolute atomic E-state index is 13.8. The highest BCUT2D eigenvalue weighted by atomic mass is 32.2. The molecule has 1 aliphatic rings. The molecule has 1 aromatic carbocycles. The molecule has 1 fully saturated rings. The number of fused-ring (bicyclic) bond motifs is 3. The molecule has 5 nitrogen and oxygen atoms in total. The average Bonchev–Trinajstić information content (AvgIpc) is 3.26. The molecule has 10 heteroatoms. The molecule has 0 aliphatic heterocycles. The summed E-state index contributed by atoms with van der Waals surface area (Å²) in [7, 11) is 0. The highest BCUT2D eigenvalue weighted by Gasteiger charge is 2.38. The van der Waals surface area contributed by atoms with Crippen LogP contribution in [0.2, 0.25) is 0 Å². The molecule has 1 N–H and O–H groups in total. The van der Waals surface area contributed by atoms with Crippen LogP contribution in [0, 0.1) is 11.7 Å². The highest BCUT2D eigenvalue weighted by Crippen LogP contribution is 2.38. The molecule has 25 heavy (non-hydrogen) atoms. The zero-order valence-corrected chi connectivity index (χ0v) is 13.5. The molecule has 3 aromatic rings. The van der Waals surface area contributed by atoms with Crippen molar-refractivity contribution in [1.82, 2.24) is 19.6 Å². The zero-order valence-electron chi connectivity index (χ0n) is 12.7. The Morgan fingerprint density at radius 1 is 1.24 bits per heavy atom. The van der Waals surface area contributed by atoms with Crippen molar-refractivity contribution in [2.45, 2.75) is 30.7 Å². The van der Waals surface area contributed by atoms with E-state index in [1.54, 1.807) is 0 Å². The minimum Gasteiger partial charge on any atom is -0.392 e.